The van der Waals surface area contributed by atoms with Crippen LogP contribution in [0, 0.1) is 0 Å². The Kier molecular flexibility index (Phi) is 3.70. The van der Waals surface area contributed by atoms with Crippen LogP contribution in [0.4, 0.5) is 0 Å². The summed E-state index contributed by atoms with van der Waals surface area (Å²) in [5.41, 5.74) is 0.597. The number of benzene rings is 1. The van der Waals surface area contributed by atoms with Crippen LogP contribution in [0.5, 0.6) is 0 Å². The molecule has 3 heteroatoms. The minimum atomic E-state index is -0.253. The van der Waals surface area contributed by atoms with Crippen LogP contribution in [-0.4, -0.2) is 17.6 Å². The second-order valence-electron chi connectivity index (χ2n) is 3.93. The van der Waals surface area contributed by atoms with E-state index in [4.69, 9.17) is 4.74 Å². The summed E-state index contributed by atoms with van der Waals surface area (Å²) in [6, 6.07) is 7.39. The van der Waals surface area contributed by atoms with Crippen molar-refractivity contribution in [3.8, 4) is 0 Å². The molecule has 0 aliphatic heterocycles. The van der Waals surface area contributed by atoms with Gasteiger partial charge in [0.15, 0.2) is 0 Å². The van der Waals surface area contributed by atoms with Gasteiger partial charge in [-0.3, -0.25) is 4.98 Å². The number of hydrogen-bond acceptors (Lipinski definition) is 3. The number of carbonyl (C=O) groups is 1. The number of pyridine rings is 1. The Hall–Kier alpha value is -1.90. The number of esters is 1. The van der Waals surface area contributed by atoms with Crippen LogP contribution in [0.3, 0.4) is 0 Å². The fourth-order valence-corrected chi connectivity index (χ4v) is 1.60. The van der Waals surface area contributed by atoms with Gasteiger partial charge in [0.2, 0.25) is 0 Å². The average molecular weight is 229 g/mol. The number of unbranched alkanes of at least 4 members (excludes halogenated alkanes) is 1. The lowest BCUT2D eigenvalue weighted by molar-refractivity contribution is 0.0500. The number of nitrogens with zero attached hydrogens (tertiary/aromatic N) is 1. The second kappa shape index (κ2) is 5.43. The lowest BCUT2D eigenvalue weighted by Crippen LogP contribution is -2.06. The number of ether oxygens (including phenoxy) is 1. The topological polar surface area (TPSA) is 39.2 Å². The summed E-state index contributed by atoms with van der Waals surface area (Å²) in [6.45, 7) is 2.56. The molecular formula is C14H15NO2. The van der Waals surface area contributed by atoms with Gasteiger partial charge in [-0.05, 0) is 30.0 Å². The average Bonchev–Trinajstić information content (AvgIpc) is 2.38. The van der Waals surface area contributed by atoms with Gasteiger partial charge < -0.3 is 4.74 Å². The molecule has 2 aromatic rings. The molecule has 0 fully saturated rings. The van der Waals surface area contributed by atoms with Crippen LogP contribution in [0.1, 0.15) is 30.1 Å². The largest absolute Gasteiger partial charge is 0.462 e. The first-order chi connectivity index (χ1) is 8.31. The van der Waals surface area contributed by atoms with Crippen LogP contribution in [0.15, 0.2) is 36.7 Å². The standard InChI is InChI=1S/C14H15NO2/c1-2-3-8-17-14(16)12-4-5-13-10-15-7-6-11(13)9-12/h4-7,9-10H,2-3,8H2,1H3. The highest BCUT2D eigenvalue weighted by atomic mass is 16.5. The maximum Gasteiger partial charge on any atom is 0.338 e. The van der Waals surface area contributed by atoms with Gasteiger partial charge in [-0.25, -0.2) is 4.79 Å². The summed E-state index contributed by atoms with van der Waals surface area (Å²) >= 11 is 0. The molecule has 3 nitrogen and oxygen atoms in total. The monoisotopic (exact) mass is 229 g/mol. The van der Waals surface area contributed by atoms with E-state index in [1.54, 1.807) is 18.5 Å². The third kappa shape index (κ3) is 2.81. The predicted molar refractivity (Wildman–Crippen MR) is 66.9 cm³/mol. The van der Waals surface area contributed by atoms with Crippen LogP contribution in [-0.2, 0) is 4.74 Å². The Labute approximate surface area is 100 Å². The second-order valence-corrected chi connectivity index (χ2v) is 3.93. The summed E-state index contributed by atoms with van der Waals surface area (Å²) in [5, 5.41) is 2.03. The van der Waals surface area contributed by atoms with Crippen LogP contribution in [0.25, 0.3) is 10.8 Å². The van der Waals surface area contributed by atoms with Crippen LogP contribution in [0.2, 0.25) is 0 Å². The molecule has 0 bridgehead atoms. The molecule has 1 heterocycles. The van der Waals surface area contributed by atoms with E-state index >= 15 is 0 Å². The van der Waals surface area contributed by atoms with Crippen LogP contribution >= 0.6 is 0 Å². The summed E-state index contributed by atoms with van der Waals surface area (Å²) in [7, 11) is 0. The van der Waals surface area contributed by atoms with E-state index in [0.29, 0.717) is 12.2 Å². The van der Waals surface area contributed by atoms with Crippen molar-refractivity contribution in [2.24, 2.45) is 0 Å². The lowest BCUT2D eigenvalue weighted by atomic mass is 10.1. The van der Waals surface area contributed by atoms with Crippen LogP contribution < -0.4 is 0 Å². The Morgan fingerprint density at radius 3 is 3.00 bits per heavy atom. The van der Waals surface area contributed by atoms with Crippen molar-refractivity contribution in [1.29, 1.82) is 0 Å². The Morgan fingerprint density at radius 1 is 1.29 bits per heavy atom. The Morgan fingerprint density at radius 2 is 2.18 bits per heavy atom. The smallest absolute Gasteiger partial charge is 0.338 e. The minimum absolute atomic E-state index is 0.253. The molecule has 2 rings (SSSR count). The van der Waals surface area contributed by atoms with Crippen molar-refractivity contribution in [2.75, 3.05) is 6.61 Å². The summed E-state index contributed by atoms with van der Waals surface area (Å²) in [5.74, 6) is -0.253. The van der Waals surface area contributed by atoms with Gasteiger partial charge in [0.05, 0.1) is 12.2 Å². The van der Waals surface area contributed by atoms with E-state index in [1.807, 2.05) is 18.2 Å². The van der Waals surface area contributed by atoms with Crippen molar-refractivity contribution < 1.29 is 9.53 Å². The summed E-state index contributed by atoms with van der Waals surface area (Å²) in [4.78, 5) is 15.8. The number of carbonyl (C=O) groups excluding carboxylic acids is 1. The van der Waals surface area contributed by atoms with Gasteiger partial charge in [0, 0.05) is 17.8 Å². The highest BCUT2D eigenvalue weighted by molar-refractivity contribution is 5.95. The molecule has 0 radical (unpaired) electrons. The molecule has 88 valence electrons. The third-order valence-electron chi connectivity index (χ3n) is 2.61. The molecule has 0 atom stereocenters. The van der Waals surface area contributed by atoms with Gasteiger partial charge in [-0.2, -0.15) is 0 Å². The highest BCUT2D eigenvalue weighted by Crippen LogP contribution is 2.15. The number of aromatic nitrogens is 1. The lowest BCUT2D eigenvalue weighted by Gasteiger charge is -2.04. The first-order valence-electron chi connectivity index (χ1n) is 5.82. The van der Waals surface area contributed by atoms with Crippen molar-refractivity contribution in [1.82, 2.24) is 4.98 Å². The van der Waals surface area contributed by atoms with Gasteiger partial charge in [-0.1, -0.05) is 19.4 Å². The molecule has 0 saturated heterocycles. The number of rotatable bonds is 4. The fourth-order valence-electron chi connectivity index (χ4n) is 1.60. The van der Waals surface area contributed by atoms with Crippen molar-refractivity contribution in [2.45, 2.75) is 19.8 Å². The van der Waals surface area contributed by atoms with Crippen molar-refractivity contribution in [3.63, 3.8) is 0 Å². The summed E-state index contributed by atoms with van der Waals surface area (Å²) < 4.78 is 5.16. The van der Waals surface area contributed by atoms with Gasteiger partial charge in [0.25, 0.3) is 0 Å². The first kappa shape index (κ1) is 11.6. The molecule has 0 unspecified atom stereocenters. The van der Waals surface area contributed by atoms with E-state index in [-0.39, 0.29) is 5.97 Å². The molecule has 1 aromatic heterocycles. The SMILES string of the molecule is CCCCOC(=O)c1ccc2cnccc2c1. The molecule has 0 aliphatic rings. The Balaban J connectivity index is 2.15. The maximum absolute atomic E-state index is 11.7. The van der Waals surface area contributed by atoms with Gasteiger partial charge in [0.1, 0.15) is 0 Å². The molecule has 0 spiro atoms. The van der Waals surface area contributed by atoms with Gasteiger partial charge in [-0.15, -0.1) is 0 Å². The predicted octanol–water partition coefficient (Wildman–Crippen LogP) is 3.19. The first-order valence-corrected chi connectivity index (χ1v) is 5.82. The number of hydrogen-bond donors (Lipinski definition) is 0. The molecule has 1 aromatic carbocycles. The molecule has 0 aliphatic carbocycles. The Bertz CT molecular complexity index is 522. The zero-order valence-electron chi connectivity index (χ0n) is 9.85. The molecule has 0 N–H and O–H groups in total. The van der Waals surface area contributed by atoms with E-state index in [1.165, 1.54) is 0 Å². The minimum Gasteiger partial charge on any atom is -0.462 e. The highest BCUT2D eigenvalue weighted by Gasteiger charge is 2.07. The van der Waals surface area contributed by atoms with E-state index < -0.39 is 0 Å². The quantitative estimate of drug-likeness (QED) is 0.597. The maximum atomic E-state index is 11.7. The molecule has 0 amide bonds. The van der Waals surface area contributed by atoms with Crippen molar-refractivity contribution >= 4 is 16.7 Å². The zero-order chi connectivity index (χ0) is 12.1. The van der Waals surface area contributed by atoms with E-state index in [9.17, 15) is 4.79 Å². The number of fused-ring (bicyclic) bond motifs is 1. The normalized spacial score (nSPS) is 10.4. The molecular weight excluding hydrogens is 214 g/mol. The third-order valence-corrected chi connectivity index (χ3v) is 2.61. The summed E-state index contributed by atoms with van der Waals surface area (Å²) in [6.07, 6.45) is 5.43. The molecule has 0 saturated carbocycles. The van der Waals surface area contributed by atoms with Gasteiger partial charge >= 0.3 is 5.97 Å². The molecule has 17 heavy (non-hydrogen) atoms. The zero-order valence-corrected chi connectivity index (χ0v) is 9.85. The van der Waals surface area contributed by atoms with E-state index in [0.717, 1.165) is 23.6 Å². The fraction of sp³-hybridized carbons (Fsp3) is 0.286. The van der Waals surface area contributed by atoms with Crippen molar-refractivity contribution in [3.05, 3.63) is 42.2 Å². The van der Waals surface area contributed by atoms with E-state index in [2.05, 4.69) is 11.9 Å².